The highest BCUT2D eigenvalue weighted by Gasteiger charge is 2.06. The summed E-state index contributed by atoms with van der Waals surface area (Å²) < 4.78 is 22.6. The molecule has 0 aromatic heterocycles. The fourth-order valence-corrected chi connectivity index (χ4v) is 3.25. The number of rotatable bonds is 8. The Balaban J connectivity index is 1.85. The lowest BCUT2D eigenvalue weighted by Crippen LogP contribution is -2.38. The van der Waals surface area contributed by atoms with Crippen LogP contribution in [0.5, 0.6) is 0 Å². The first-order valence-corrected chi connectivity index (χ1v) is 10.7. The molecule has 0 fully saturated rings. The molecule has 4 N–H and O–H groups in total. The summed E-state index contributed by atoms with van der Waals surface area (Å²) in [5.74, 6) is 0.741. The Morgan fingerprint density at radius 1 is 1.07 bits per heavy atom. The minimum Gasteiger partial charge on any atom is -0.357 e. The van der Waals surface area contributed by atoms with E-state index in [2.05, 4.69) is 15.6 Å². The fraction of sp³-hybridized carbons (Fsp3) is 0.316. The molecule has 0 spiro atoms. The molecular formula is C19H25ClN4O2S. The molecule has 146 valence electrons. The lowest BCUT2D eigenvalue weighted by molar-refractivity contribution is 0.598. The van der Waals surface area contributed by atoms with Crippen LogP contribution in [-0.4, -0.2) is 34.0 Å². The highest BCUT2D eigenvalue weighted by atomic mass is 35.5. The molecule has 0 saturated heterocycles. The number of hydrogen-bond acceptors (Lipinski definition) is 3. The van der Waals surface area contributed by atoms with Crippen molar-refractivity contribution in [1.82, 2.24) is 10.6 Å². The van der Waals surface area contributed by atoms with Crippen molar-refractivity contribution < 1.29 is 8.42 Å². The number of guanidine groups is 1. The third-order valence-corrected chi connectivity index (χ3v) is 5.21. The Labute approximate surface area is 165 Å². The SMILES string of the molecule is CCNC(=NCCc1ccccc1Cl)NCCc1ccc(S(N)(=O)=O)cc1. The van der Waals surface area contributed by atoms with E-state index in [1.54, 1.807) is 12.1 Å². The molecule has 8 heteroatoms. The van der Waals surface area contributed by atoms with E-state index in [4.69, 9.17) is 16.7 Å². The molecule has 0 unspecified atom stereocenters. The second-order valence-corrected chi connectivity index (χ2v) is 7.94. The van der Waals surface area contributed by atoms with Crippen LogP contribution in [0, 0.1) is 0 Å². The minimum atomic E-state index is -3.65. The molecule has 0 saturated carbocycles. The first-order valence-electron chi connectivity index (χ1n) is 8.77. The monoisotopic (exact) mass is 408 g/mol. The summed E-state index contributed by atoms with van der Waals surface area (Å²) in [5.41, 5.74) is 2.09. The van der Waals surface area contributed by atoms with E-state index in [1.807, 2.05) is 31.2 Å². The zero-order chi connectivity index (χ0) is 19.7. The van der Waals surface area contributed by atoms with Crippen molar-refractivity contribution in [2.45, 2.75) is 24.7 Å². The standard InChI is InChI=1S/C19H25ClN4O2S/c1-2-22-19(24-14-12-16-5-3-4-6-18(16)20)23-13-11-15-7-9-17(10-8-15)27(21,25)26/h3-10H,2,11-14H2,1H3,(H2,21,25,26)(H2,22,23,24). The molecule has 0 bridgehead atoms. The Bertz CT molecular complexity index is 868. The summed E-state index contributed by atoms with van der Waals surface area (Å²) in [6, 6.07) is 14.3. The summed E-state index contributed by atoms with van der Waals surface area (Å²) >= 11 is 6.17. The molecule has 2 aromatic carbocycles. The zero-order valence-electron chi connectivity index (χ0n) is 15.3. The van der Waals surface area contributed by atoms with Crippen molar-refractivity contribution in [3.8, 4) is 0 Å². The van der Waals surface area contributed by atoms with Gasteiger partial charge in [0.25, 0.3) is 0 Å². The molecule has 0 aliphatic rings. The molecule has 27 heavy (non-hydrogen) atoms. The Kier molecular flexibility index (Phi) is 8.09. The zero-order valence-corrected chi connectivity index (χ0v) is 16.9. The van der Waals surface area contributed by atoms with Crippen LogP contribution in [0.4, 0.5) is 0 Å². The molecule has 0 aliphatic heterocycles. The molecule has 0 heterocycles. The van der Waals surface area contributed by atoms with E-state index in [0.717, 1.165) is 41.5 Å². The van der Waals surface area contributed by atoms with Crippen molar-refractivity contribution in [3.63, 3.8) is 0 Å². The Morgan fingerprint density at radius 3 is 2.41 bits per heavy atom. The topological polar surface area (TPSA) is 96.6 Å². The average Bonchev–Trinajstić information content (AvgIpc) is 2.63. The number of aliphatic imine (C=N–C) groups is 1. The molecule has 2 aromatic rings. The predicted molar refractivity (Wildman–Crippen MR) is 111 cm³/mol. The number of nitrogens with one attached hydrogen (secondary N) is 2. The number of sulfonamides is 1. The predicted octanol–water partition coefficient (Wildman–Crippen LogP) is 2.33. The van der Waals surface area contributed by atoms with Gasteiger partial charge in [-0.3, -0.25) is 4.99 Å². The summed E-state index contributed by atoms with van der Waals surface area (Å²) in [7, 11) is -3.65. The van der Waals surface area contributed by atoms with Gasteiger partial charge in [-0.1, -0.05) is 41.9 Å². The van der Waals surface area contributed by atoms with Crippen LogP contribution in [0.15, 0.2) is 58.4 Å². The van der Waals surface area contributed by atoms with Crippen molar-refractivity contribution >= 4 is 27.6 Å². The van der Waals surface area contributed by atoms with Gasteiger partial charge in [0.15, 0.2) is 5.96 Å². The van der Waals surface area contributed by atoms with Crippen LogP contribution in [0.25, 0.3) is 0 Å². The Hall–Kier alpha value is -2.09. The molecular weight excluding hydrogens is 384 g/mol. The largest absolute Gasteiger partial charge is 0.357 e. The third kappa shape index (κ3) is 7.21. The second kappa shape index (κ2) is 10.3. The molecule has 0 amide bonds. The maximum Gasteiger partial charge on any atom is 0.238 e. The van der Waals surface area contributed by atoms with Crippen LogP contribution >= 0.6 is 11.6 Å². The van der Waals surface area contributed by atoms with Gasteiger partial charge in [-0.25, -0.2) is 13.6 Å². The van der Waals surface area contributed by atoms with Crippen molar-refractivity contribution in [2.75, 3.05) is 19.6 Å². The number of halogens is 1. The van der Waals surface area contributed by atoms with Crippen LogP contribution in [0.1, 0.15) is 18.1 Å². The average molecular weight is 409 g/mol. The highest BCUT2D eigenvalue weighted by molar-refractivity contribution is 7.89. The first kappa shape index (κ1) is 21.2. The smallest absolute Gasteiger partial charge is 0.238 e. The van der Waals surface area contributed by atoms with Crippen LogP contribution in [0.2, 0.25) is 5.02 Å². The third-order valence-electron chi connectivity index (χ3n) is 3.91. The van der Waals surface area contributed by atoms with E-state index >= 15 is 0 Å². The highest BCUT2D eigenvalue weighted by Crippen LogP contribution is 2.15. The summed E-state index contributed by atoms with van der Waals surface area (Å²) in [6.07, 6.45) is 1.51. The maximum absolute atomic E-state index is 11.3. The number of nitrogens with zero attached hydrogens (tertiary/aromatic N) is 1. The maximum atomic E-state index is 11.3. The van der Waals surface area contributed by atoms with Gasteiger partial charge in [0.2, 0.25) is 10.0 Å². The Morgan fingerprint density at radius 2 is 1.78 bits per heavy atom. The second-order valence-electron chi connectivity index (χ2n) is 5.97. The van der Waals surface area contributed by atoms with Gasteiger partial charge in [0.1, 0.15) is 0 Å². The van der Waals surface area contributed by atoms with E-state index in [-0.39, 0.29) is 4.90 Å². The van der Waals surface area contributed by atoms with Gasteiger partial charge in [-0.2, -0.15) is 0 Å². The van der Waals surface area contributed by atoms with Crippen LogP contribution in [0.3, 0.4) is 0 Å². The van der Waals surface area contributed by atoms with E-state index in [1.165, 1.54) is 12.1 Å². The van der Waals surface area contributed by atoms with Crippen molar-refractivity contribution in [3.05, 3.63) is 64.7 Å². The number of hydrogen-bond donors (Lipinski definition) is 3. The number of primary sulfonamides is 1. The van der Waals surface area contributed by atoms with Gasteiger partial charge in [-0.15, -0.1) is 0 Å². The lowest BCUT2D eigenvalue weighted by Gasteiger charge is -2.11. The number of benzene rings is 2. The fourth-order valence-electron chi connectivity index (χ4n) is 2.50. The minimum absolute atomic E-state index is 0.119. The van der Waals surface area contributed by atoms with E-state index in [9.17, 15) is 8.42 Å². The molecule has 0 aliphatic carbocycles. The van der Waals surface area contributed by atoms with Crippen molar-refractivity contribution in [2.24, 2.45) is 10.1 Å². The summed E-state index contributed by atoms with van der Waals surface area (Å²) in [4.78, 5) is 4.69. The molecule has 0 radical (unpaired) electrons. The number of nitrogens with two attached hydrogens (primary N) is 1. The first-order chi connectivity index (χ1) is 12.9. The summed E-state index contributed by atoms with van der Waals surface area (Å²) in [5, 5.41) is 12.4. The van der Waals surface area contributed by atoms with Crippen LogP contribution < -0.4 is 15.8 Å². The van der Waals surface area contributed by atoms with Crippen molar-refractivity contribution in [1.29, 1.82) is 0 Å². The lowest BCUT2D eigenvalue weighted by atomic mass is 10.1. The quantitative estimate of drug-likeness (QED) is 0.461. The van der Waals surface area contributed by atoms with Gasteiger partial charge >= 0.3 is 0 Å². The van der Waals surface area contributed by atoms with E-state index in [0.29, 0.717) is 13.1 Å². The molecule has 0 atom stereocenters. The molecule has 2 rings (SSSR count). The molecule has 6 nitrogen and oxygen atoms in total. The van der Waals surface area contributed by atoms with Gasteiger partial charge < -0.3 is 10.6 Å². The normalized spacial score (nSPS) is 12.0. The van der Waals surface area contributed by atoms with E-state index < -0.39 is 10.0 Å². The van der Waals surface area contributed by atoms with Crippen LogP contribution in [-0.2, 0) is 22.9 Å². The van der Waals surface area contributed by atoms with Gasteiger partial charge in [0, 0.05) is 24.7 Å². The van der Waals surface area contributed by atoms with Gasteiger partial charge in [-0.05, 0) is 49.1 Å². The summed E-state index contributed by atoms with van der Waals surface area (Å²) in [6.45, 7) is 4.08. The van der Waals surface area contributed by atoms with Gasteiger partial charge in [0.05, 0.1) is 4.90 Å².